The van der Waals surface area contributed by atoms with Crippen molar-refractivity contribution in [2.45, 2.75) is 25.8 Å². The monoisotopic (exact) mass is 210 g/mol. The van der Waals surface area contributed by atoms with E-state index in [0.717, 1.165) is 0 Å². The van der Waals surface area contributed by atoms with Crippen LogP contribution in [-0.4, -0.2) is 23.5 Å². The predicted molar refractivity (Wildman–Crippen MR) is 58.6 cm³/mol. The fraction of sp³-hybridized carbons (Fsp3) is 0.545. The Kier molecular flexibility index (Phi) is 2.75. The van der Waals surface area contributed by atoms with E-state index in [1.807, 2.05) is 12.3 Å². The van der Waals surface area contributed by atoms with Gasteiger partial charge >= 0.3 is 0 Å². The lowest BCUT2D eigenvalue weighted by Crippen LogP contribution is -2.18. The summed E-state index contributed by atoms with van der Waals surface area (Å²) in [7, 11) is 2.17. The summed E-state index contributed by atoms with van der Waals surface area (Å²) < 4.78 is 0. The summed E-state index contributed by atoms with van der Waals surface area (Å²) in [6.45, 7) is 3.29. The van der Waals surface area contributed by atoms with Crippen molar-refractivity contribution in [1.29, 1.82) is 0 Å². The van der Waals surface area contributed by atoms with Crippen LogP contribution in [0.25, 0.3) is 0 Å². The van der Waals surface area contributed by atoms with Crippen LogP contribution in [0.5, 0.6) is 0 Å². The van der Waals surface area contributed by atoms with Crippen molar-refractivity contribution in [1.82, 2.24) is 9.88 Å². The van der Waals surface area contributed by atoms with Crippen LogP contribution in [0.1, 0.15) is 30.0 Å². The molecule has 1 saturated heterocycles. The first-order valence-corrected chi connectivity index (χ1v) is 5.38. The van der Waals surface area contributed by atoms with Crippen LogP contribution >= 0.6 is 11.6 Å². The molecule has 1 aromatic heterocycles. The highest BCUT2D eigenvalue weighted by Crippen LogP contribution is 2.32. The first kappa shape index (κ1) is 9.94. The highest BCUT2D eigenvalue weighted by atomic mass is 35.5. The van der Waals surface area contributed by atoms with Crippen LogP contribution in [0.3, 0.4) is 0 Å². The Hall–Kier alpha value is -0.600. The number of pyridine rings is 1. The Labute approximate surface area is 89.9 Å². The number of nitrogens with zero attached hydrogens (tertiary/aromatic N) is 2. The Morgan fingerprint density at radius 1 is 1.57 bits per heavy atom. The van der Waals surface area contributed by atoms with Crippen molar-refractivity contribution < 1.29 is 0 Å². The highest BCUT2D eigenvalue weighted by molar-refractivity contribution is 6.29. The SMILES string of the molecule is Cc1cc(Cl)ncc1C1CCCN1C. The molecule has 0 bridgehead atoms. The second-order valence-electron chi connectivity index (χ2n) is 4.00. The van der Waals surface area contributed by atoms with E-state index >= 15 is 0 Å². The van der Waals surface area contributed by atoms with Crippen LogP contribution in [0, 0.1) is 6.92 Å². The summed E-state index contributed by atoms with van der Waals surface area (Å²) in [5.74, 6) is 0. The van der Waals surface area contributed by atoms with Gasteiger partial charge in [0.2, 0.25) is 0 Å². The molecule has 76 valence electrons. The smallest absolute Gasteiger partial charge is 0.129 e. The molecule has 1 aliphatic rings. The molecule has 0 aromatic carbocycles. The van der Waals surface area contributed by atoms with Gasteiger partial charge in [0.15, 0.2) is 0 Å². The van der Waals surface area contributed by atoms with Crippen LogP contribution < -0.4 is 0 Å². The molecule has 0 spiro atoms. The number of rotatable bonds is 1. The molecule has 1 aliphatic heterocycles. The molecule has 2 nitrogen and oxygen atoms in total. The highest BCUT2D eigenvalue weighted by Gasteiger charge is 2.23. The van der Waals surface area contributed by atoms with Crippen LogP contribution in [-0.2, 0) is 0 Å². The number of hydrogen-bond acceptors (Lipinski definition) is 2. The molecule has 1 atom stereocenters. The van der Waals surface area contributed by atoms with E-state index in [-0.39, 0.29) is 0 Å². The van der Waals surface area contributed by atoms with Crippen LogP contribution in [0.4, 0.5) is 0 Å². The Morgan fingerprint density at radius 2 is 2.36 bits per heavy atom. The molecule has 0 N–H and O–H groups in total. The van der Waals surface area contributed by atoms with Gasteiger partial charge in [-0.05, 0) is 50.6 Å². The van der Waals surface area contributed by atoms with E-state index < -0.39 is 0 Å². The molecule has 0 radical (unpaired) electrons. The van der Waals surface area contributed by atoms with Gasteiger partial charge in [0.1, 0.15) is 5.15 Å². The van der Waals surface area contributed by atoms with Gasteiger partial charge in [-0.2, -0.15) is 0 Å². The third kappa shape index (κ3) is 1.77. The molecule has 0 aliphatic carbocycles. The minimum absolute atomic E-state index is 0.541. The molecular weight excluding hydrogens is 196 g/mol. The lowest BCUT2D eigenvalue weighted by Gasteiger charge is -2.21. The molecule has 1 fully saturated rings. The lowest BCUT2D eigenvalue weighted by atomic mass is 10.0. The summed E-state index contributed by atoms with van der Waals surface area (Å²) in [6.07, 6.45) is 4.44. The van der Waals surface area contributed by atoms with Gasteiger partial charge in [0.05, 0.1) is 0 Å². The summed E-state index contributed by atoms with van der Waals surface area (Å²) in [6, 6.07) is 2.49. The number of aryl methyl sites for hydroxylation is 1. The normalized spacial score (nSPS) is 22.9. The number of likely N-dealkylation sites (tertiary alicyclic amines) is 1. The Bertz CT molecular complexity index is 338. The summed E-state index contributed by atoms with van der Waals surface area (Å²) >= 11 is 5.84. The van der Waals surface area contributed by atoms with E-state index in [1.54, 1.807) is 0 Å². The average Bonchev–Trinajstić information content (AvgIpc) is 2.52. The summed E-state index contributed by atoms with van der Waals surface area (Å²) in [5.41, 5.74) is 2.58. The van der Waals surface area contributed by atoms with Gasteiger partial charge in [0.25, 0.3) is 0 Å². The van der Waals surface area contributed by atoms with Crippen molar-refractivity contribution in [2.75, 3.05) is 13.6 Å². The standard InChI is InChI=1S/C11H15ClN2/c1-8-6-11(12)13-7-9(8)10-4-3-5-14(10)2/h6-7,10H,3-5H2,1-2H3. The van der Waals surface area contributed by atoms with Gasteiger partial charge in [-0.25, -0.2) is 4.98 Å². The molecule has 14 heavy (non-hydrogen) atoms. The Balaban J connectivity index is 2.31. The summed E-state index contributed by atoms with van der Waals surface area (Å²) in [5, 5.41) is 0.590. The zero-order valence-corrected chi connectivity index (χ0v) is 9.38. The van der Waals surface area contributed by atoms with E-state index in [2.05, 4.69) is 23.9 Å². The third-order valence-electron chi connectivity index (χ3n) is 3.00. The van der Waals surface area contributed by atoms with Gasteiger partial charge in [-0.15, -0.1) is 0 Å². The van der Waals surface area contributed by atoms with Gasteiger partial charge in [-0.1, -0.05) is 11.6 Å². The average molecular weight is 211 g/mol. The van der Waals surface area contributed by atoms with E-state index in [9.17, 15) is 0 Å². The zero-order valence-electron chi connectivity index (χ0n) is 8.63. The largest absolute Gasteiger partial charge is 0.299 e. The first-order valence-electron chi connectivity index (χ1n) is 5.01. The molecule has 1 unspecified atom stereocenters. The minimum Gasteiger partial charge on any atom is -0.299 e. The Morgan fingerprint density at radius 3 is 2.93 bits per heavy atom. The minimum atomic E-state index is 0.541. The second kappa shape index (κ2) is 3.87. The molecule has 2 rings (SSSR count). The maximum atomic E-state index is 5.84. The second-order valence-corrected chi connectivity index (χ2v) is 4.39. The van der Waals surface area contributed by atoms with E-state index in [1.165, 1.54) is 30.5 Å². The number of hydrogen-bond donors (Lipinski definition) is 0. The van der Waals surface area contributed by atoms with Crippen molar-refractivity contribution >= 4 is 11.6 Å². The molecule has 2 heterocycles. The molecule has 1 aromatic rings. The molecule has 0 amide bonds. The number of aromatic nitrogens is 1. The topological polar surface area (TPSA) is 16.1 Å². The fourth-order valence-corrected chi connectivity index (χ4v) is 2.40. The fourth-order valence-electron chi connectivity index (χ4n) is 2.18. The zero-order chi connectivity index (χ0) is 10.1. The molecule has 3 heteroatoms. The third-order valence-corrected chi connectivity index (χ3v) is 3.20. The maximum Gasteiger partial charge on any atom is 0.129 e. The van der Waals surface area contributed by atoms with E-state index in [0.29, 0.717) is 11.2 Å². The van der Waals surface area contributed by atoms with Crippen molar-refractivity contribution in [3.05, 3.63) is 28.5 Å². The molecular formula is C11H15ClN2. The quantitative estimate of drug-likeness (QED) is 0.663. The van der Waals surface area contributed by atoms with Crippen molar-refractivity contribution in [2.24, 2.45) is 0 Å². The maximum absolute atomic E-state index is 5.84. The molecule has 0 saturated carbocycles. The predicted octanol–water partition coefficient (Wildman–Crippen LogP) is 2.81. The van der Waals surface area contributed by atoms with Gasteiger partial charge in [0, 0.05) is 12.2 Å². The van der Waals surface area contributed by atoms with E-state index in [4.69, 9.17) is 11.6 Å². The van der Waals surface area contributed by atoms with Gasteiger partial charge < -0.3 is 0 Å². The van der Waals surface area contributed by atoms with Crippen LogP contribution in [0.2, 0.25) is 5.15 Å². The van der Waals surface area contributed by atoms with Gasteiger partial charge in [-0.3, -0.25) is 4.90 Å². The lowest BCUT2D eigenvalue weighted by molar-refractivity contribution is 0.316. The van der Waals surface area contributed by atoms with Crippen molar-refractivity contribution in [3.63, 3.8) is 0 Å². The van der Waals surface area contributed by atoms with Crippen LogP contribution in [0.15, 0.2) is 12.3 Å². The number of halogens is 1. The van der Waals surface area contributed by atoms with Crippen molar-refractivity contribution in [3.8, 4) is 0 Å². The summed E-state index contributed by atoms with van der Waals surface area (Å²) in [4.78, 5) is 6.54. The first-order chi connectivity index (χ1) is 6.68.